The first-order chi connectivity index (χ1) is 11.0. The van der Waals surface area contributed by atoms with Crippen LogP contribution in [0.1, 0.15) is 18.0 Å². The van der Waals surface area contributed by atoms with Gasteiger partial charge in [0.05, 0.1) is 23.2 Å². The zero-order valence-electron chi connectivity index (χ0n) is 12.2. The SMILES string of the molecule is O=C(O)C[C@H]1CN(S(=O)(=O)c2ccccc2)C[C@H]1c1cn[nH]n1. The molecule has 1 aromatic heterocycles. The number of rotatable bonds is 5. The predicted octanol–water partition coefficient (Wildman–Crippen LogP) is 0.684. The van der Waals surface area contributed by atoms with Crippen LogP contribution in [0, 0.1) is 5.92 Å². The van der Waals surface area contributed by atoms with Crippen LogP contribution in [-0.2, 0) is 14.8 Å². The monoisotopic (exact) mass is 336 g/mol. The molecule has 3 rings (SSSR count). The lowest BCUT2D eigenvalue weighted by Crippen LogP contribution is -2.29. The minimum absolute atomic E-state index is 0.113. The highest BCUT2D eigenvalue weighted by atomic mass is 32.2. The van der Waals surface area contributed by atoms with Gasteiger partial charge in [0, 0.05) is 19.0 Å². The number of carboxylic acids is 1. The number of benzene rings is 1. The lowest BCUT2D eigenvalue weighted by molar-refractivity contribution is -0.138. The number of nitrogens with one attached hydrogen (secondary N) is 1. The zero-order chi connectivity index (χ0) is 16.4. The summed E-state index contributed by atoms with van der Waals surface area (Å²) in [5, 5.41) is 19.3. The van der Waals surface area contributed by atoms with Crippen LogP contribution < -0.4 is 0 Å². The summed E-state index contributed by atoms with van der Waals surface area (Å²) < 4.78 is 26.8. The molecule has 1 aliphatic rings. The summed E-state index contributed by atoms with van der Waals surface area (Å²) in [5.41, 5.74) is 0.585. The van der Waals surface area contributed by atoms with Gasteiger partial charge < -0.3 is 5.11 Å². The van der Waals surface area contributed by atoms with E-state index in [1.165, 1.54) is 22.6 Å². The molecule has 2 heterocycles. The molecule has 2 N–H and O–H groups in total. The highest BCUT2D eigenvalue weighted by Crippen LogP contribution is 2.36. The Morgan fingerprint density at radius 2 is 2.04 bits per heavy atom. The molecule has 1 aliphatic heterocycles. The largest absolute Gasteiger partial charge is 0.481 e. The lowest BCUT2D eigenvalue weighted by atomic mass is 9.91. The Kier molecular flexibility index (Phi) is 4.14. The van der Waals surface area contributed by atoms with Gasteiger partial charge in [-0.3, -0.25) is 4.79 Å². The molecule has 122 valence electrons. The molecule has 0 bridgehead atoms. The molecule has 0 aliphatic carbocycles. The highest BCUT2D eigenvalue weighted by molar-refractivity contribution is 7.89. The number of hydrogen-bond donors (Lipinski definition) is 2. The standard InChI is InChI=1S/C14H16N4O4S/c19-14(20)6-10-8-18(9-12(10)13-7-15-17-16-13)23(21,22)11-4-2-1-3-5-11/h1-5,7,10,12H,6,8-9H2,(H,19,20)(H,15,16,17)/t10-,12+/m0/s1. The first-order valence-corrected chi connectivity index (χ1v) is 8.55. The molecule has 2 atom stereocenters. The summed E-state index contributed by atoms with van der Waals surface area (Å²) in [7, 11) is -3.65. The molecule has 1 aromatic carbocycles. The van der Waals surface area contributed by atoms with E-state index in [9.17, 15) is 13.2 Å². The van der Waals surface area contributed by atoms with Crippen molar-refractivity contribution >= 4 is 16.0 Å². The zero-order valence-corrected chi connectivity index (χ0v) is 13.0. The van der Waals surface area contributed by atoms with E-state index in [2.05, 4.69) is 15.4 Å². The van der Waals surface area contributed by atoms with Gasteiger partial charge in [0.2, 0.25) is 10.0 Å². The summed E-state index contributed by atoms with van der Waals surface area (Å²) in [6.07, 6.45) is 1.40. The van der Waals surface area contributed by atoms with Gasteiger partial charge in [-0.1, -0.05) is 18.2 Å². The van der Waals surface area contributed by atoms with Crippen LogP contribution in [-0.4, -0.2) is 52.3 Å². The fourth-order valence-electron chi connectivity index (χ4n) is 2.92. The van der Waals surface area contributed by atoms with E-state index < -0.39 is 16.0 Å². The first-order valence-electron chi connectivity index (χ1n) is 7.11. The Labute approximate surface area is 133 Å². The van der Waals surface area contributed by atoms with E-state index in [0.29, 0.717) is 5.69 Å². The summed E-state index contributed by atoms with van der Waals surface area (Å²) in [5.74, 6) is -1.58. The van der Waals surface area contributed by atoms with Crippen molar-refractivity contribution in [3.63, 3.8) is 0 Å². The molecule has 0 amide bonds. The quantitative estimate of drug-likeness (QED) is 0.829. The van der Waals surface area contributed by atoms with Gasteiger partial charge in [-0.25, -0.2) is 8.42 Å². The van der Waals surface area contributed by atoms with Crippen molar-refractivity contribution < 1.29 is 18.3 Å². The van der Waals surface area contributed by atoms with Gasteiger partial charge in [-0.2, -0.15) is 19.7 Å². The average molecular weight is 336 g/mol. The Morgan fingerprint density at radius 1 is 1.30 bits per heavy atom. The van der Waals surface area contributed by atoms with Crippen molar-refractivity contribution in [2.24, 2.45) is 5.92 Å². The maximum Gasteiger partial charge on any atom is 0.303 e. The van der Waals surface area contributed by atoms with Crippen molar-refractivity contribution in [1.29, 1.82) is 0 Å². The number of carbonyl (C=O) groups is 1. The van der Waals surface area contributed by atoms with E-state index in [-0.39, 0.29) is 36.2 Å². The van der Waals surface area contributed by atoms with Crippen LogP contribution >= 0.6 is 0 Å². The number of nitrogens with zero attached hydrogens (tertiary/aromatic N) is 3. The van der Waals surface area contributed by atoms with Gasteiger partial charge in [0.25, 0.3) is 0 Å². The van der Waals surface area contributed by atoms with Crippen molar-refractivity contribution in [2.75, 3.05) is 13.1 Å². The molecule has 0 spiro atoms. The van der Waals surface area contributed by atoms with Crippen molar-refractivity contribution in [2.45, 2.75) is 17.2 Å². The minimum atomic E-state index is -3.65. The van der Waals surface area contributed by atoms with Gasteiger partial charge >= 0.3 is 5.97 Å². The third-order valence-electron chi connectivity index (χ3n) is 4.04. The maximum absolute atomic E-state index is 12.7. The minimum Gasteiger partial charge on any atom is -0.481 e. The fraction of sp³-hybridized carbons (Fsp3) is 0.357. The molecule has 1 fully saturated rings. The summed E-state index contributed by atoms with van der Waals surface area (Å²) >= 11 is 0. The molecular formula is C14H16N4O4S. The molecule has 1 saturated heterocycles. The van der Waals surface area contributed by atoms with Gasteiger partial charge in [0.15, 0.2) is 0 Å². The van der Waals surface area contributed by atoms with Crippen LogP contribution in [0.3, 0.4) is 0 Å². The van der Waals surface area contributed by atoms with Crippen molar-refractivity contribution in [1.82, 2.24) is 19.7 Å². The molecular weight excluding hydrogens is 320 g/mol. The van der Waals surface area contributed by atoms with Crippen LogP contribution in [0.4, 0.5) is 0 Å². The number of aliphatic carboxylic acids is 1. The molecule has 2 aromatic rings. The first kappa shape index (κ1) is 15.6. The topological polar surface area (TPSA) is 116 Å². The smallest absolute Gasteiger partial charge is 0.303 e. The Morgan fingerprint density at radius 3 is 2.65 bits per heavy atom. The van der Waals surface area contributed by atoms with Crippen molar-refractivity contribution in [3.8, 4) is 0 Å². The van der Waals surface area contributed by atoms with Gasteiger partial charge in [-0.15, -0.1) is 0 Å². The predicted molar refractivity (Wildman–Crippen MR) is 80.1 cm³/mol. The van der Waals surface area contributed by atoms with E-state index in [1.54, 1.807) is 18.2 Å². The van der Waals surface area contributed by atoms with Crippen molar-refractivity contribution in [3.05, 3.63) is 42.2 Å². The van der Waals surface area contributed by atoms with E-state index in [1.807, 2.05) is 0 Å². The molecule has 23 heavy (non-hydrogen) atoms. The van der Waals surface area contributed by atoms with Crippen LogP contribution in [0.15, 0.2) is 41.4 Å². The molecule has 0 saturated carbocycles. The van der Waals surface area contributed by atoms with E-state index in [4.69, 9.17) is 5.11 Å². The molecule has 0 unspecified atom stereocenters. The highest BCUT2D eigenvalue weighted by Gasteiger charge is 2.41. The summed E-state index contributed by atoms with van der Waals surface area (Å²) in [6, 6.07) is 8.13. The van der Waals surface area contributed by atoms with Crippen LogP contribution in [0.5, 0.6) is 0 Å². The second kappa shape index (κ2) is 6.09. The second-order valence-electron chi connectivity index (χ2n) is 5.49. The second-order valence-corrected chi connectivity index (χ2v) is 7.43. The Balaban J connectivity index is 1.89. The lowest BCUT2D eigenvalue weighted by Gasteiger charge is -2.16. The number of carboxylic acid groups (broad SMARTS) is 1. The summed E-state index contributed by atoms with van der Waals surface area (Å²) in [4.78, 5) is 11.3. The third-order valence-corrected chi connectivity index (χ3v) is 5.88. The normalized spacial score (nSPS) is 22.3. The molecule has 9 heteroatoms. The number of aromatic amines is 1. The average Bonchev–Trinajstić information content (AvgIpc) is 3.16. The van der Waals surface area contributed by atoms with E-state index in [0.717, 1.165) is 0 Å². The maximum atomic E-state index is 12.7. The third kappa shape index (κ3) is 3.10. The fourth-order valence-corrected chi connectivity index (χ4v) is 4.47. The van der Waals surface area contributed by atoms with Crippen LogP contribution in [0.2, 0.25) is 0 Å². The number of sulfonamides is 1. The molecule has 8 nitrogen and oxygen atoms in total. The number of hydrogen-bond acceptors (Lipinski definition) is 5. The number of aromatic nitrogens is 3. The summed E-state index contributed by atoms with van der Waals surface area (Å²) in [6.45, 7) is 0.350. The van der Waals surface area contributed by atoms with Crippen LogP contribution in [0.25, 0.3) is 0 Å². The molecule has 0 radical (unpaired) electrons. The Hall–Kier alpha value is -2.26. The van der Waals surface area contributed by atoms with Gasteiger partial charge in [-0.05, 0) is 18.1 Å². The van der Waals surface area contributed by atoms with Gasteiger partial charge in [0.1, 0.15) is 0 Å². The Bertz CT molecular complexity index is 776. The van der Waals surface area contributed by atoms with E-state index >= 15 is 0 Å². The number of H-pyrrole nitrogens is 1.